The van der Waals surface area contributed by atoms with Gasteiger partial charge in [-0.2, -0.15) is 0 Å². The molecule has 3 nitrogen and oxygen atoms in total. The summed E-state index contributed by atoms with van der Waals surface area (Å²) >= 11 is 0. The minimum absolute atomic E-state index is 0.753. The highest BCUT2D eigenvalue weighted by atomic mass is 15.2. The van der Waals surface area contributed by atoms with Gasteiger partial charge in [-0.05, 0) is 67.1 Å². The van der Waals surface area contributed by atoms with E-state index in [0.29, 0.717) is 0 Å². The molecule has 0 aliphatic heterocycles. The van der Waals surface area contributed by atoms with Gasteiger partial charge in [-0.1, -0.05) is 48.5 Å². The van der Waals surface area contributed by atoms with Crippen molar-refractivity contribution in [2.24, 2.45) is 0 Å². The van der Waals surface area contributed by atoms with Crippen LogP contribution in [0.1, 0.15) is 5.56 Å². The Morgan fingerprint density at radius 1 is 0.607 bits per heavy atom. The van der Waals surface area contributed by atoms with Crippen LogP contribution in [0.15, 0.2) is 103 Å². The standard InChI is InChI=1S/C25H23N3/c1-19-9-5-6-12-23(19)27-24-13-7-8-14-25(24)28(21-10-3-2-4-11-21)22-17-15-20(26)16-18-22/h2-18,27H,26H2,1H3. The first-order chi connectivity index (χ1) is 13.7. The Morgan fingerprint density at radius 3 is 1.89 bits per heavy atom. The van der Waals surface area contributed by atoms with E-state index in [0.717, 1.165) is 34.1 Å². The molecule has 4 aromatic carbocycles. The highest BCUT2D eigenvalue weighted by Gasteiger charge is 2.16. The van der Waals surface area contributed by atoms with Gasteiger partial charge in [0.05, 0.1) is 11.4 Å². The van der Waals surface area contributed by atoms with Crippen molar-refractivity contribution in [1.29, 1.82) is 0 Å². The third-order valence-electron chi connectivity index (χ3n) is 4.73. The van der Waals surface area contributed by atoms with Crippen LogP contribution in [0, 0.1) is 6.92 Å². The molecule has 0 saturated heterocycles. The Hall–Kier alpha value is -3.72. The number of para-hydroxylation sites is 4. The number of hydrogen-bond donors (Lipinski definition) is 2. The summed E-state index contributed by atoms with van der Waals surface area (Å²) in [5, 5.41) is 3.61. The second-order valence-electron chi connectivity index (χ2n) is 6.72. The van der Waals surface area contributed by atoms with Crippen LogP contribution >= 0.6 is 0 Å². The van der Waals surface area contributed by atoms with Crippen molar-refractivity contribution in [2.75, 3.05) is 16.0 Å². The van der Waals surface area contributed by atoms with Gasteiger partial charge in [0.15, 0.2) is 0 Å². The zero-order valence-corrected chi connectivity index (χ0v) is 15.8. The van der Waals surface area contributed by atoms with Gasteiger partial charge in [-0.15, -0.1) is 0 Å². The number of benzene rings is 4. The number of nitrogen functional groups attached to an aromatic ring is 1. The molecule has 0 atom stereocenters. The summed E-state index contributed by atoms with van der Waals surface area (Å²) in [6, 6.07) is 35.0. The molecule has 0 aromatic heterocycles. The van der Waals surface area contributed by atoms with Crippen LogP contribution in [0.2, 0.25) is 0 Å². The van der Waals surface area contributed by atoms with Crippen LogP contribution in [0.25, 0.3) is 0 Å². The van der Waals surface area contributed by atoms with E-state index in [1.54, 1.807) is 0 Å². The fourth-order valence-corrected chi connectivity index (χ4v) is 3.26. The highest BCUT2D eigenvalue weighted by molar-refractivity contribution is 5.86. The van der Waals surface area contributed by atoms with Gasteiger partial charge in [-0.3, -0.25) is 0 Å². The number of nitrogens with zero attached hydrogens (tertiary/aromatic N) is 1. The van der Waals surface area contributed by atoms with Crippen molar-refractivity contribution in [1.82, 2.24) is 0 Å². The number of nitrogens with two attached hydrogens (primary N) is 1. The lowest BCUT2D eigenvalue weighted by Crippen LogP contribution is -2.12. The van der Waals surface area contributed by atoms with Gasteiger partial charge >= 0.3 is 0 Å². The number of rotatable bonds is 5. The molecular weight excluding hydrogens is 342 g/mol. The number of hydrogen-bond acceptors (Lipinski definition) is 3. The van der Waals surface area contributed by atoms with E-state index >= 15 is 0 Å². The van der Waals surface area contributed by atoms with E-state index in [9.17, 15) is 0 Å². The second kappa shape index (κ2) is 7.89. The molecule has 0 amide bonds. The van der Waals surface area contributed by atoms with E-state index in [1.165, 1.54) is 5.56 Å². The Kier molecular flexibility index (Phi) is 4.98. The van der Waals surface area contributed by atoms with Gasteiger partial charge in [-0.25, -0.2) is 0 Å². The smallest absolute Gasteiger partial charge is 0.0696 e. The number of nitrogens with one attached hydrogen (secondary N) is 1. The first-order valence-corrected chi connectivity index (χ1v) is 9.35. The van der Waals surface area contributed by atoms with Crippen molar-refractivity contribution in [3.63, 3.8) is 0 Å². The molecule has 0 fully saturated rings. The van der Waals surface area contributed by atoms with Crippen molar-refractivity contribution in [3.8, 4) is 0 Å². The first-order valence-electron chi connectivity index (χ1n) is 9.35. The Bertz CT molecular complexity index is 1060. The maximum absolute atomic E-state index is 5.92. The molecular formula is C25H23N3. The average molecular weight is 365 g/mol. The molecule has 0 aliphatic rings. The zero-order chi connectivity index (χ0) is 19.3. The van der Waals surface area contributed by atoms with Crippen molar-refractivity contribution >= 4 is 34.1 Å². The summed E-state index contributed by atoms with van der Waals surface area (Å²) in [5.41, 5.74) is 13.2. The fraction of sp³-hybridized carbons (Fsp3) is 0.0400. The molecule has 3 heteroatoms. The monoisotopic (exact) mass is 365 g/mol. The van der Waals surface area contributed by atoms with Crippen molar-refractivity contribution < 1.29 is 0 Å². The summed E-state index contributed by atoms with van der Waals surface area (Å²) in [7, 11) is 0. The minimum Gasteiger partial charge on any atom is -0.399 e. The summed E-state index contributed by atoms with van der Waals surface area (Å²) < 4.78 is 0. The predicted molar refractivity (Wildman–Crippen MR) is 120 cm³/mol. The molecule has 4 rings (SSSR count). The minimum atomic E-state index is 0.753. The number of aryl methyl sites for hydroxylation is 1. The topological polar surface area (TPSA) is 41.3 Å². The molecule has 0 unspecified atom stereocenters. The summed E-state index contributed by atoms with van der Waals surface area (Å²) in [5.74, 6) is 0. The molecule has 0 radical (unpaired) electrons. The molecule has 28 heavy (non-hydrogen) atoms. The van der Waals surface area contributed by atoms with Crippen LogP contribution in [-0.2, 0) is 0 Å². The molecule has 4 aromatic rings. The van der Waals surface area contributed by atoms with Gasteiger partial charge in [0.25, 0.3) is 0 Å². The lowest BCUT2D eigenvalue weighted by molar-refractivity contribution is 1.28. The maximum atomic E-state index is 5.92. The van der Waals surface area contributed by atoms with Crippen LogP contribution in [0.5, 0.6) is 0 Å². The van der Waals surface area contributed by atoms with Gasteiger partial charge in [0, 0.05) is 22.7 Å². The molecule has 0 aliphatic carbocycles. The van der Waals surface area contributed by atoms with E-state index < -0.39 is 0 Å². The summed E-state index contributed by atoms with van der Waals surface area (Å²) in [6.07, 6.45) is 0. The number of anilines is 6. The normalized spacial score (nSPS) is 10.5. The van der Waals surface area contributed by atoms with Crippen LogP contribution in [-0.4, -0.2) is 0 Å². The molecule has 0 heterocycles. The Morgan fingerprint density at radius 2 is 1.18 bits per heavy atom. The fourth-order valence-electron chi connectivity index (χ4n) is 3.26. The largest absolute Gasteiger partial charge is 0.399 e. The third kappa shape index (κ3) is 3.69. The van der Waals surface area contributed by atoms with E-state index in [2.05, 4.69) is 83.9 Å². The molecule has 0 saturated carbocycles. The van der Waals surface area contributed by atoms with E-state index in [-0.39, 0.29) is 0 Å². The summed E-state index contributed by atoms with van der Waals surface area (Å²) in [6.45, 7) is 2.11. The lowest BCUT2D eigenvalue weighted by atomic mass is 10.1. The van der Waals surface area contributed by atoms with Gasteiger partial charge in [0.2, 0.25) is 0 Å². The van der Waals surface area contributed by atoms with Crippen molar-refractivity contribution in [3.05, 3.63) is 109 Å². The zero-order valence-electron chi connectivity index (χ0n) is 15.8. The van der Waals surface area contributed by atoms with Crippen molar-refractivity contribution in [2.45, 2.75) is 6.92 Å². The molecule has 0 spiro atoms. The van der Waals surface area contributed by atoms with Gasteiger partial charge < -0.3 is 16.0 Å². The van der Waals surface area contributed by atoms with Gasteiger partial charge in [0.1, 0.15) is 0 Å². The summed E-state index contributed by atoms with van der Waals surface area (Å²) in [4.78, 5) is 2.24. The average Bonchev–Trinajstić information content (AvgIpc) is 2.73. The first kappa shape index (κ1) is 17.7. The predicted octanol–water partition coefficient (Wildman–Crippen LogP) is 6.79. The quantitative estimate of drug-likeness (QED) is 0.383. The van der Waals surface area contributed by atoms with E-state index in [1.807, 2.05) is 36.4 Å². The molecule has 138 valence electrons. The molecule has 0 bridgehead atoms. The van der Waals surface area contributed by atoms with Crippen LogP contribution < -0.4 is 16.0 Å². The van der Waals surface area contributed by atoms with E-state index in [4.69, 9.17) is 5.73 Å². The third-order valence-corrected chi connectivity index (χ3v) is 4.73. The molecule has 3 N–H and O–H groups in total. The highest BCUT2D eigenvalue weighted by Crippen LogP contribution is 2.40. The van der Waals surface area contributed by atoms with Crippen LogP contribution in [0.4, 0.5) is 34.1 Å². The second-order valence-corrected chi connectivity index (χ2v) is 6.72. The Labute approximate surface area is 166 Å². The van der Waals surface area contributed by atoms with Crippen LogP contribution in [0.3, 0.4) is 0 Å². The lowest BCUT2D eigenvalue weighted by Gasteiger charge is -2.28. The maximum Gasteiger partial charge on any atom is 0.0696 e. The SMILES string of the molecule is Cc1ccccc1Nc1ccccc1N(c1ccccc1)c1ccc(N)cc1. The Balaban J connectivity index is 1.83.